The molecule has 5 heteroatoms. The van der Waals surface area contributed by atoms with Gasteiger partial charge in [0.15, 0.2) is 0 Å². The van der Waals surface area contributed by atoms with Gasteiger partial charge in [0.25, 0.3) is 0 Å². The number of hydrogen-bond acceptors (Lipinski definition) is 3. The zero-order valence-corrected chi connectivity index (χ0v) is 20.6. The molecule has 0 radical (unpaired) electrons. The standard InChI is InChI=1S/C28H36N2O2.ClH/c1-21-3-2-14-29(21)15-10-22-4-6-23(7-5-22)25-8-9-27-20-30(16-11-26(27)19-25)28(31)24-12-17-32-18-13-24;/h4-9,19,21,24H,2-3,10-18,20H2,1H3;1H. The van der Waals surface area contributed by atoms with E-state index in [2.05, 4.69) is 59.2 Å². The average Bonchev–Trinajstić information content (AvgIpc) is 3.27. The van der Waals surface area contributed by atoms with Crippen LogP contribution in [0.15, 0.2) is 42.5 Å². The van der Waals surface area contributed by atoms with Crippen LogP contribution in [-0.4, -0.2) is 54.6 Å². The molecular weight excluding hydrogens is 432 g/mol. The van der Waals surface area contributed by atoms with Crippen molar-refractivity contribution in [3.63, 3.8) is 0 Å². The van der Waals surface area contributed by atoms with E-state index in [9.17, 15) is 4.79 Å². The highest BCUT2D eigenvalue weighted by atomic mass is 35.5. The Morgan fingerprint density at radius 1 is 0.970 bits per heavy atom. The van der Waals surface area contributed by atoms with Crippen molar-refractivity contribution in [1.29, 1.82) is 0 Å². The summed E-state index contributed by atoms with van der Waals surface area (Å²) in [6, 6.07) is 16.7. The molecule has 2 fully saturated rings. The summed E-state index contributed by atoms with van der Waals surface area (Å²) in [6.45, 7) is 7.81. The number of carbonyl (C=O) groups excluding carboxylic acids is 1. The van der Waals surface area contributed by atoms with Gasteiger partial charge in [-0.15, -0.1) is 12.4 Å². The van der Waals surface area contributed by atoms with Gasteiger partial charge in [-0.1, -0.05) is 42.5 Å². The number of fused-ring (bicyclic) bond motifs is 1. The lowest BCUT2D eigenvalue weighted by molar-refractivity contribution is -0.139. The van der Waals surface area contributed by atoms with Crippen LogP contribution in [0.1, 0.15) is 49.3 Å². The van der Waals surface area contributed by atoms with E-state index in [1.54, 1.807) is 0 Å². The number of halogens is 1. The van der Waals surface area contributed by atoms with Gasteiger partial charge in [0.05, 0.1) is 0 Å². The molecule has 0 bridgehead atoms. The highest BCUT2D eigenvalue weighted by Crippen LogP contribution is 2.28. The van der Waals surface area contributed by atoms with Gasteiger partial charge in [-0.2, -0.15) is 0 Å². The Kier molecular flexibility index (Phi) is 8.11. The molecule has 2 saturated heterocycles. The Labute approximate surface area is 204 Å². The second-order valence-electron chi connectivity index (χ2n) is 9.85. The second kappa shape index (κ2) is 11.0. The van der Waals surface area contributed by atoms with Crippen LogP contribution in [0.5, 0.6) is 0 Å². The first-order chi connectivity index (χ1) is 15.7. The minimum absolute atomic E-state index is 0. The summed E-state index contributed by atoms with van der Waals surface area (Å²) in [7, 11) is 0. The molecule has 1 unspecified atom stereocenters. The fourth-order valence-electron chi connectivity index (χ4n) is 5.58. The first-order valence-corrected chi connectivity index (χ1v) is 12.5. The van der Waals surface area contributed by atoms with E-state index in [0.717, 1.165) is 58.0 Å². The van der Waals surface area contributed by atoms with Gasteiger partial charge in [-0.05, 0) is 79.8 Å². The van der Waals surface area contributed by atoms with E-state index in [-0.39, 0.29) is 18.3 Å². The maximum Gasteiger partial charge on any atom is 0.226 e. The van der Waals surface area contributed by atoms with E-state index in [1.807, 2.05) is 0 Å². The van der Waals surface area contributed by atoms with Gasteiger partial charge < -0.3 is 14.5 Å². The molecule has 2 aromatic carbocycles. The summed E-state index contributed by atoms with van der Waals surface area (Å²) in [5.74, 6) is 0.471. The van der Waals surface area contributed by atoms with Crippen LogP contribution in [0, 0.1) is 5.92 Å². The first-order valence-electron chi connectivity index (χ1n) is 12.5. The van der Waals surface area contributed by atoms with Gasteiger partial charge in [0.2, 0.25) is 5.91 Å². The van der Waals surface area contributed by atoms with Crippen molar-refractivity contribution in [3.8, 4) is 11.1 Å². The summed E-state index contributed by atoms with van der Waals surface area (Å²) < 4.78 is 5.42. The predicted molar refractivity (Wildman–Crippen MR) is 136 cm³/mol. The summed E-state index contributed by atoms with van der Waals surface area (Å²) in [5.41, 5.74) is 6.69. The van der Waals surface area contributed by atoms with Crippen molar-refractivity contribution in [1.82, 2.24) is 9.80 Å². The van der Waals surface area contributed by atoms with Crippen LogP contribution in [0.4, 0.5) is 0 Å². The lowest BCUT2D eigenvalue weighted by atomic mass is 9.92. The summed E-state index contributed by atoms with van der Waals surface area (Å²) in [6.07, 6.45) is 6.51. The Morgan fingerprint density at radius 3 is 2.45 bits per heavy atom. The van der Waals surface area contributed by atoms with E-state index in [4.69, 9.17) is 4.74 Å². The van der Waals surface area contributed by atoms with E-state index in [0.29, 0.717) is 5.91 Å². The van der Waals surface area contributed by atoms with E-state index < -0.39 is 0 Å². The number of nitrogens with zero attached hydrogens (tertiary/aromatic N) is 2. The molecule has 1 atom stereocenters. The molecule has 5 rings (SSSR count). The number of carbonyl (C=O) groups is 1. The van der Waals surface area contributed by atoms with Crippen molar-refractivity contribution < 1.29 is 9.53 Å². The fraction of sp³-hybridized carbons (Fsp3) is 0.536. The molecule has 0 saturated carbocycles. The van der Waals surface area contributed by atoms with Crippen LogP contribution >= 0.6 is 12.4 Å². The third-order valence-electron chi connectivity index (χ3n) is 7.77. The molecule has 3 heterocycles. The van der Waals surface area contributed by atoms with Crippen molar-refractivity contribution in [2.75, 3.05) is 32.8 Å². The van der Waals surface area contributed by atoms with Gasteiger partial charge >= 0.3 is 0 Å². The highest BCUT2D eigenvalue weighted by Gasteiger charge is 2.28. The highest BCUT2D eigenvalue weighted by molar-refractivity contribution is 5.85. The zero-order valence-electron chi connectivity index (χ0n) is 19.8. The van der Waals surface area contributed by atoms with Gasteiger partial charge in [-0.3, -0.25) is 4.79 Å². The smallest absolute Gasteiger partial charge is 0.226 e. The van der Waals surface area contributed by atoms with Crippen LogP contribution in [0.2, 0.25) is 0 Å². The van der Waals surface area contributed by atoms with Gasteiger partial charge in [0, 0.05) is 44.8 Å². The molecule has 178 valence electrons. The molecule has 0 spiro atoms. The maximum absolute atomic E-state index is 12.9. The number of likely N-dealkylation sites (tertiary alicyclic amines) is 1. The van der Waals surface area contributed by atoms with Crippen molar-refractivity contribution in [3.05, 3.63) is 59.2 Å². The lowest BCUT2D eigenvalue weighted by Crippen LogP contribution is -2.41. The predicted octanol–water partition coefficient (Wildman–Crippen LogP) is 5.11. The molecule has 2 aromatic rings. The van der Waals surface area contributed by atoms with Crippen LogP contribution < -0.4 is 0 Å². The maximum atomic E-state index is 12.9. The largest absolute Gasteiger partial charge is 0.381 e. The summed E-state index contributed by atoms with van der Waals surface area (Å²) in [5, 5.41) is 0. The Bertz CT molecular complexity index is 939. The first kappa shape index (κ1) is 24.3. The zero-order chi connectivity index (χ0) is 21.9. The molecular formula is C28H37ClN2O2. The normalized spacial score (nSPS) is 21.5. The lowest BCUT2D eigenvalue weighted by Gasteiger charge is -2.33. The minimum atomic E-state index is 0. The number of benzene rings is 2. The SMILES string of the molecule is CC1CCCN1CCc1ccc(-c2ccc3c(c2)CCN(C(=O)C2CCOCC2)C3)cc1.Cl. The van der Waals surface area contributed by atoms with Gasteiger partial charge in [-0.25, -0.2) is 0 Å². The topological polar surface area (TPSA) is 32.8 Å². The number of hydrogen-bond donors (Lipinski definition) is 0. The van der Waals surface area contributed by atoms with Crippen molar-refractivity contribution in [2.24, 2.45) is 5.92 Å². The van der Waals surface area contributed by atoms with Crippen LogP contribution in [-0.2, 0) is 28.9 Å². The Morgan fingerprint density at radius 2 is 1.73 bits per heavy atom. The Hall–Kier alpha value is -1.88. The fourth-order valence-corrected chi connectivity index (χ4v) is 5.58. The molecule has 3 aliphatic heterocycles. The minimum Gasteiger partial charge on any atom is -0.381 e. The summed E-state index contributed by atoms with van der Waals surface area (Å²) >= 11 is 0. The van der Waals surface area contributed by atoms with E-state index >= 15 is 0 Å². The molecule has 0 aromatic heterocycles. The van der Waals surface area contributed by atoms with Crippen molar-refractivity contribution in [2.45, 2.75) is 58.0 Å². The second-order valence-corrected chi connectivity index (χ2v) is 9.85. The molecule has 4 nitrogen and oxygen atoms in total. The third-order valence-corrected chi connectivity index (χ3v) is 7.77. The number of rotatable bonds is 5. The molecule has 0 N–H and O–H groups in total. The van der Waals surface area contributed by atoms with E-state index in [1.165, 1.54) is 53.7 Å². The van der Waals surface area contributed by atoms with Gasteiger partial charge in [0.1, 0.15) is 0 Å². The van der Waals surface area contributed by atoms with Crippen molar-refractivity contribution >= 4 is 18.3 Å². The summed E-state index contributed by atoms with van der Waals surface area (Å²) in [4.78, 5) is 17.6. The molecule has 0 aliphatic carbocycles. The molecule has 3 aliphatic rings. The third kappa shape index (κ3) is 5.62. The van der Waals surface area contributed by atoms with Crippen LogP contribution in [0.3, 0.4) is 0 Å². The average molecular weight is 469 g/mol. The molecule has 1 amide bonds. The number of ether oxygens (including phenoxy) is 1. The quantitative estimate of drug-likeness (QED) is 0.611. The number of amides is 1. The van der Waals surface area contributed by atoms with Crippen LogP contribution in [0.25, 0.3) is 11.1 Å². The monoisotopic (exact) mass is 468 g/mol. The molecule has 33 heavy (non-hydrogen) atoms. The Balaban J connectivity index is 0.00000259.